The summed E-state index contributed by atoms with van der Waals surface area (Å²) in [4.78, 5) is 0. The van der Waals surface area contributed by atoms with Crippen LogP contribution in [0.2, 0.25) is 0 Å². The molecule has 0 aromatic heterocycles. The van der Waals surface area contributed by atoms with Crippen LogP contribution in [0.1, 0.15) is 101 Å². The first-order valence-electron chi connectivity index (χ1n) is 10.7. The maximum Gasteiger partial charge on any atom is 0.159 e. The van der Waals surface area contributed by atoms with Gasteiger partial charge >= 0.3 is 0 Å². The van der Waals surface area contributed by atoms with Crippen LogP contribution in [0.3, 0.4) is 0 Å². The highest BCUT2D eigenvalue weighted by atomic mass is 19.2. The van der Waals surface area contributed by atoms with Crippen LogP contribution in [0, 0.1) is 23.5 Å². The van der Waals surface area contributed by atoms with Gasteiger partial charge in [-0.1, -0.05) is 70.3 Å². The molecular weight excluding hydrogens is 314 g/mol. The Morgan fingerprint density at radius 3 is 1.88 bits per heavy atom. The van der Waals surface area contributed by atoms with Gasteiger partial charge in [-0.25, -0.2) is 8.78 Å². The Balaban J connectivity index is 1.27. The molecule has 2 heteroatoms. The number of rotatable bonds is 8. The second kappa shape index (κ2) is 9.69. The summed E-state index contributed by atoms with van der Waals surface area (Å²) >= 11 is 0. The third kappa shape index (κ3) is 5.79. The summed E-state index contributed by atoms with van der Waals surface area (Å²) in [5.41, 5.74) is 0.990. The lowest BCUT2D eigenvalue weighted by atomic mass is 9.77. The van der Waals surface area contributed by atoms with Gasteiger partial charge in [-0.3, -0.25) is 0 Å². The zero-order chi connectivity index (χ0) is 17.5. The number of unbranched alkanes of at least 4 members (excludes halogenated alkanes) is 3. The van der Waals surface area contributed by atoms with Crippen molar-refractivity contribution in [2.75, 3.05) is 0 Å². The van der Waals surface area contributed by atoms with Gasteiger partial charge in [-0.2, -0.15) is 0 Å². The van der Waals surface area contributed by atoms with Crippen LogP contribution in [0.5, 0.6) is 0 Å². The first-order chi connectivity index (χ1) is 12.2. The lowest BCUT2D eigenvalue weighted by Crippen LogP contribution is -2.13. The molecule has 140 valence electrons. The lowest BCUT2D eigenvalue weighted by Gasteiger charge is -2.29. The van der Waals surface area contributed by atoms with Crippen molar-refractivity contribution in [3.63, 3.8) is 0 Å². The normalized spacial score (nSPS) is 24.7. The van der Waals surface area contributed by atoms with Crippen LogP contribution >= 0.6 is 0 Å². The van der Waals surface area contributed by atoms with Crippen LogP contribution in [0.15, 0.2) is 18.2 Å². The number of hydrogen-bond acceptors (Lipinski definition) is 0. The Morgan fingerprint density at radius 1 is 0.680 bits per heavy atom. The van der Waals surface area contributed by atoms with E-state index in [0.29, 0.717) is 5.92 Å². The van der Waals surface area contributed by atoms with Crippen molar-refractivity contribution in [2.24, 2.45) is 11.8 Å². The van der Waals surface area contributed by atoms with E-state index >= 15 is 0 Å². The number of hydrogen-bond donors (Lipinski definition) is 0. The fourth-order valence-corrected chi connectivity index (χ4v) is 5.07. The van der Waals surface area contributed by atoms with Gasteiger partial charge in [0.05, 0.1) is 0 Å². The fourth-order valence-electron chi connectivity index (χ4n) is 5.07. The van der Waals surface area contributed by atoms with Crippen molar-refractivity contribution >= 4 is 0 Å². The highest BCUT2D eigenvalue weighted by Gasteiger charge is 2.22. The van der Waals surface area contributed by atoms with E-state index in [2.05, 4.69) is 0 Å². The van der Waals surface area contributed by atoms with Gasteiger partial charge in [0.15, 0.2) is 11.6 Å². The highest BCUT2D eigenvalue weighted by Crippen LogP contribution is 2.38. The molecule has 0 unspecified atom stereocenters. The van der Waals surface area contributed by atoms with E-state index in [4.69, 9.17) is 0 Å². The molecule has 0 atom stereocenters. The molecule has 0 radical (unpaired) electrons. The summed E-state index contributed by atoms with van der Waals surface area (Å²) in [7, 11) is 0. The zero-order valence-electron chi connectivity index (χ0n) is 15.6. The average molecular weight is 349 g/mol. The van der Waals surface area contributed by atoms with Gasteiger partial charge in [0.2, 0.25) is 0 Å². The first kappa shape index (κ1) is 18.9. The molecular formula is C23H34F2. The number of benzene rings is 1. The Kier molecular flexibility index (Phi) is 7.31. The van der Waals surface area contributed by atoms with Crippen molar-refractivity contribution in [2.45, 2.75) is 95.8 Å². The summed E-state index contributed by atoms with van der Waals surface area (Å²) in [6, 6.07) is 4.46. The average Bonchev–Trinajstić information content (AvgIpc) is 3.14. The molecule has 0 aliphatic heterocycles. The minimum atomic E-state index is -0.731. The molecule has 0 N–H and O–H groups in total. The maximum absolute atomic E-state index is 13.4. The Morgan fingerprint density at radius 2 is 1.28 bits per heavy atom. The predicted octanol–water partition coefficient (Wildman–Crippen LogP) is 7.77. The van der Waals surface area contributed by atoms with E-state index in [1.807, 2.05) is 0 Å². The second-order valence-electron chi connectivity index (χ2n) is 8.53. The van der Waals surface area contributed by atoms with Crippen LogP contribution in [-0.4, -0.2) is 0 Å². The van der Waals surface area contributed by atoms with Gasteiger partial charge < -0.3 is 0 Å². The molecule has 0 spiro atoms. The Labute approximate surface area is 152 Å². The van der Waals surface area contributed by atoms with E-state index in [1.54, 1.807) is 6.07 Å². The summed E-state index contributed by atoms with van der Waals surface area (Å²) in [5, 5.41) is 0. The van der Waals surface area contributed by atoms with Gasteiger partial charge in [0, 0.05) is 0 Å². The van der Waals surface area contributed by atoms with Gasteiger partial charge in [-0.05, 0) is 61.1 Å². The van der Waals surface area contributed by atoms with E-state index in [9.17, 15) is 8.78 Å². The summed E-state index contributed by atoms with van der Waals surface area (Å²) in [6.07, 6.45) is 19.2. The quantitative estimate of drug-likeness (QED) is 0.421. The van der Waals surface area contributed by atoms with E-state index in [1.165, 1.54) is 89.2 Å². The smallest absolute Gasteiger partial charge is 0.159 e. The van der Waals surface area contributed by atoms with Gasteiger partial charge in [0.25, 0.3) is 0 Å². The van der Waals surface area contributed by atoms with Crippen LogP contribution in [0.4, 0.5) is 8.78 Å². The topological polar surface area (TPSA) is 0 Å². The summed E-state index contributed by atoms with van der Waals surface area (Å²) < 4.78 is 26.5. The SMILES string of the molecule is Fc1ccc(C2CCC(CCCCCCC3CCCC3)CC2)cc1F. The molecule has 0 amide bonds. The predicted molar refractivity (Wildman–Crippen MR) is 101 cm³/mol. The van der Waals surface area contributed by atoms with Gasteiger partial charge in [-0.15, -0.1) is 0 Å². The molecule has 0 saturated heterocycles. The molecule has 2 fully saturated rings. The minimum Gasteiger partial charge on any atom is -0.204 e. The fraction of sp³-hybridized carbons (Fsp3) is 0.739. The summed E-state index contributed by atoms with van der Waals surface area (Å²) in [5.74, 6) is 0.906. The third-order valence-electron chi connectivity index (χ3n) is 6.71. The van der Waals surface area contributed by atoms with Crippen molar-refractivity contribution in [3.8, 4) is 0 Å². The first-order valence-corrected chi connectivity index (χ1v) is 10.7. The molecule has 25 heavy (non-hydrogen) atoms. The molecule has 0 bridgehead atoms. The van der Waals surface area contributed by atoms with E-state index in [-0.39, 0.29) is 0 Å². The Hall–Kier alpha value is -0.920. The lowest BCUT2D eigenvalue weighted by molar-refractivity contribution is 0.300. The second-order valence-corrected chi connectivity index (χ2v) is 8.53. The molecule has 2 aliphatic rings. The molecule has 1 aromatic rings. The Bertz CT molecular complexity index is 511. The van der Waals surface area contributed by atoms with Crippen LogP contribution in [-0.2, 0) is 0 Å². The minimum absolute atomic E-state index is 0.428. The van der Waals surface area contributed by atoms with Gasteiger partial charge in [0.1, 0.15) is 0 Å². The molecule has 0 heterocycles. The van der Waals surface area contributed by atoms with E-state index < -0.39 is 11.6 Å². The molecule has 3 rings (SSSR count). The molecule has 1 aromatic carbocycles. The van der Waals surface area contributed by atoms with Crippen LogP contribution in [0.25, 0.3) is 0 Å². The standard InChI is InChI=1S/C23H34F2/c24-22-16-15-21(17-23(22)25)20-13-11-19(12-14-20)8-4-2-1-3-7-18-9-5-6-10-18/h15-20H,1-14H2. The number of halogens is 2. The van der Waals surface area contributed by atoms with Crippen LogP contribution < -0.4 is 0 Å². The maximum atomic E-state index is 13.4. The highest BCUT2D eigenvalue weighted by molar-refractivity contribution is 5.22. The monoisotopic (exact) mass is 348 g/mol. The van der Waals surface area contributed by atoms with E-state index in [0.717, 1.165) is 30.2 Å². The van der Waals surface area contributed by atoms with Crippen molar-refractivity contribution in [1.82, 2.24) is 0 Å². The molecule has 0 nitrogen and oxygen atoms in total. The molecule has 2 aliphatic carbocycles. The van der Waals surface area contributed by atoms with Crippen molar-refractivity contribution < 1.29 is 8.78 Å². The molecule has 2 saturated carbocycles. The third-order valence-corrected chi connectivity index (χ3v) is 6.71. The van der Waals surface area contributed by atoms with Crippen molar-refractivity contribution in [1.29, 1.82) is 0 Å². The largest absolute Gasteiger partial charge is 0.204 e. The van der Waals surface area contributed by atoms with Crippen molar-refractivity contribution in [3.05, 3.63) is 35.4 Å². The summed E-state index contributed by atoms with van der Waals surface area (Å²) in [6.45, 7) is 0. The zero-order valence-corrected chi connectivity index (χ0v) is 15.6.